The molecular formula is C58H106NO12P. The fourth-order valence-electron chi connectivity index (χ4n) is 8.89. The largest absolute Gasteiger partial charge is 0.472 e. The summed E-state index contributed by atoms with van der Waals surface area (Å²) in [5.41, 5.74) is 0. The molecule has 9 N–H and O–H groups in total. The average Bonchev–Trinajstić information content (AvgIpc) is 3.36. The number of carbonyl (C=O) groups excluding carboxylic acids is 1. The van der Waals surface area contributed by atoms with Gasteiger partial charge in [-0.15, -0.1) is 0 Å². The van der Waals surface area contributed by atoms with Gasteiger partial charge in [0.15, 0.2) is 0 Å². The van der Waals surface area contributed by atoms with Crippen molar-refractivity contribution in [1.29, 1.82) is 0 Å². The van der Waals surface area contributed by atoms with E-state index in [-0.39, 0.29) is 6.42 Å². The van der Waals surface area contributed by atoms with E-state index in [1.54, 1.807) is 6.08 Å². The first-order valence-electron chi connectivity index (χ1n) is 28.8. The van der Waals surface area contributed by atoms with E-state index in [2.05, 4.69) is 67.8 Å². The Morgan fingerprint density at radius 1 is 0.500 bits per heavy atom. The second kappa shape index (κ2) is 46.3. The number of aliphatic hydroxyl groups is 7. The molecule has 1 rings (SSSR count). The smallest absolute Gasteiger partial charge is 0.393 e. The molecule has 0 aromatic carbocycles. The molecule has 0 saturated heterocycles. The molecule has 14 heteroatoms. The molecular weight excluding hydrogens is 934 g/mol. The third-order valence-electron chi connectivity index (χ3n) is 13.6. The number of unbranched alkanes of at least 4 members (excludes halogenated alkanes) is 27. The molecule has 0 bridgehead atoms. The number of phosphoric acid groups is 1. The molecule has 1 amide bonds. The number of nitrogens with one attached hydrogen (secondary N) is 1. The number of amides is 1. The Kier molecular flexibility index (Phi) is 43.8. The third-order valence-corrected chi connectivity index (χ3v) is 14.5. The van der Waals surface area contributed by atoms with Crippen molar-refractivity contribution in [3.63, 3.8) is 0 Å². The summed E-state index contributed by atoms with van der Waals surface area (Å²) in [6, 6.07) is -1.27. The zero-order valence-electron chi connectivity index (χ0n) is 45.1. The number of phosphoric ester groups is 1. The SMILES string of the molecule is CCCCCCCCCCC/C=C\C/C=C\CCCCCCCC(O)CC(=O)NC(COP(=O)(O)OC1C(O)C(O)C(O)C(O)C1O)C(O)/C=C/CC/C=C/CC/C=C/CCCCCCCCCCCCC. The van der Waals surface area contributed by atoms with E-state index in [0.717, 1.165) is 70.6 Å². The lowest BCUT2D eigenvalue weighted by Crippen LogP contribution is -2.64. The summed E-state index contributed by atoms with van der Waals surface area (Å²) in [6.07, 6.45) is 45.9. The van der Waals surface area contributed by atoms with Gasteiger partial charge in [-0.25, -0.2) is 4.57 Å². The molecule has 1 saturated carbocycles. The highest BCUT2D eigenvalue weighted by Gasteiger charge is 2.51. The van der Waals surface area contributed by atoms with Crippen molar-refractivity contribution >= 4 is 13.7 Å². The molecule has 0 spiro atoms. The van der Waals surface area contributed by atoms with E-state index in [4.69, 9.17) is 9.05 Å². The van der Waals surface area contributed by atoms with Gasteiger partial charge in [0.2, 0.25) is 5.91 Å². The molecule has 0 aromatic rings. The van der Waals surface area contributed by atoms with Crippen LogP contribution in [0.25, 0.3) is 0 Å². The van der Waals surface area contributed by atoms with Crippen LogP contribution in [0.2, 0.25) is 0 Å². The zero-order chi connectivity index (χ0) is 52.9. The molecule has 8 unspecified atom stereocenters. The minimum Gasteiger partial charge on any atom is -0.393 e. The van der Waals surface area contributed by atoms with Crippen molar-refractivity contribution in [3.05, 3.63) is 60.8 Å². The van der Waals surface area contributed by atoms with Crippen LogP contribution in [-0.4, -0.2) is 108 Å². The molecule has 0 heterocycles. The molecule has 0 aromatic heterocycles. The van der Waals surface area contributed by atoms with Crippen LogP contribution in [0.4, 0.5) is 0 Å². The summed E-state index contributed by atoms with van der Waals surface area (Å²) >= 11 is 0. The Balaban J connectivity index is 2.47. The summed E-state index contributed by atoms with van der Waals surface area (Å²) < 4.78 is 23.0. The molecule has 13 nitrogen and oxygen atoms in total. The van der Waals surface area contributed by atoms with E-state index >= 15 is 0 Å². The summed E-state index contributed by atoms with van der Waals surface area (Å²) in [7, 11) is -5.17. The van der Waals surface area contributed by atoms with Gasteiger partial charge < -0.3 is 46.0 Å². The molecule has 1 aliphatic rings. The van der Waals surface area contributed by atoms with Gasteiger partial charge in [0.05, 0.1) is 31.3 Å². The van der Waals surface area contributed by atoms with E-state index in [9.17, 15) is 50.0 Å². The highest BCUT2D eigenvalue weighted by molar-refractivity contribution is 7.47. The van der Waals surface area contributed by atoms with Crippen LogP contribution in [0.5, 0.6) is 0 Å². The van der Waals surface area contributed by atoms with Crippen molar-refractivity contribution in [2.24, 2.45) is 0 Å². The third kappa shape index (κ3) is 36.9. The molecule has 1 fully saturated rings. The molecule has 1 aliphatic carbocycles. The van der Waals surface area contributed by atoms with Gasteiger partial charge in [-0.05, 0) is 77.0 Å². The topological polar surface area (TPSA) is 226 Å². The van der Waals surface area contributed by atoms with Crippen molar-refractivity contribution in [2.75, 3.05) is 6.61 Å². The van der Waals surface area contributed by atoms with Crippen LogP contribution >= 0.6 is 7.82 Å². The normalized spacial score (nSPS) is 22.0. The van der Waals surface area contributed by atoms with Crippen LogP contribution in [0, 0.1) is 0 Å². The lowest BCUT2D eigenvalue weighted by atomic mass is 9.85. The van der Waals surface area contributed by atoms with Crippen LogP contribution < -0.4 is 5.32 Å². The quantitative estimate of drug-likeness (QED) is 0.0158. The first-order valence-corrected chi connectivity index (χ1v) is 30.3. The highest BCUT2D eigenvalue weighted by Crippen LogP contribution is 2.47. The zero-order valence-corrected chi connectivity index (χ0v) is 46.0. The van der Waals surface area contributed by atoms with Crippen LogP contribution in [-0.2, 0) is 18.4 Å². The Morgan fingerprint density at radius 2 is 0.861 bits per heavy atom. The van der Waals surface area contributed by atoms with E-state index < -0.39 is 75.2 Å². The minimum atomic E-state index is -5.17. The monoisotopic (exact) mass is 1040 g/mol. The van der Waals surface area contributed by atoms with Gasteiger partial charge in [0, 0.05) is 0 Å². The van der Waals surface area contributed by atoms with Crippen molar-refractivity contribution in [2.45, 2.75) is 293 Å². The molecule has 72 heavy (non-hydrogen) atoms. The van der Waals surface area contributed by atoms with Crippen LogP contribution in [0.3, 0.4) is 0 Å². The lowest BCUT2D eigenvalue weighted by molar-refractivity contribution is -0.220. The minimum absolute atomic E-state index is 0.267. The van der Waals surface area contributed by atoms with E-state index in [0.29, 0.717) is 19.3 Å². The number of hydrogen-bond acceptors (Lipinski definition) is 11. The van der Waals surface area contributed by atoms with Crippen molar-refractivity contribution in [1.82, 2.24) is 5.32 Å². The lowest BCUT2D eigenvalue weighted by Gasteiger charge is -2.41. The van der Waals surface area contributed by atoms with Crippen molar-refractivity contribution in [3.8, 4) is 0 Å². The number of carbonyl (C=O) groups is 1. The molecule has 0 aliphatic heterocycles. The second-order valence-electron chi connectivity index (χ2n) is 20.3. The predicted molar refractivity (Wildman–Crippen MR) is 293 cm³/mol. The molecule has 8 atom stereocenters. The van der Waals surface area contributed by atoms with Gasteiger partial charge in [-0.3, -0.25) is 13.8 Å². The van der Waals surface area contributed by atoms with E-state index in [1.807, 2.05) is 0 Å². The van der Waals surface area contributed by atoms with Crippen LogP contribution in [0.15, 0.2) is 60.8 Å². The second-order valence-corrected chi connectivity index (χ2v) is 21.7. The van der Waals surface area contributed by atoms with Gasteiger partial charge in [0.25, 0.3) is 0 Å². The highest BCUT2D eigenvalue weighted by atomic mass is 31.2. The number of hydrogen-bond donors (Lipinski definition) is 9. The number of rotatable bonds is 48. The fourth-order valence-corrected chi connectivity index (χ4v) is 9.86. The van der Waals surface area contributed by atoms with Gasteiger partial charge in [-0.2, -0.15) is 0 Å². The maximum Gasteiger partial charge on any atom is 0.472 e. The predicted octanol–water partition coefficient (Wildman–Crippen LogP) is 12.0. The number of aliphatic hydroxyl groups excluding tert-OH is 7. The maximum atomic E-state index is 13.1. The number of allylic oxidation sites excluding steroid dienone is 9. The Labute approximate surface area is 437 Å². The van der Waals surface area contributed by atoms with Crippen LogP contribution in [0.1, 0.15) is 239 Å². The summed E-state index contributed by atoms with van der Waals surface area (Å²) in [6.45, 7) is 3.76. The van der Waals surface area contributed by atoms with Gasteiger partial charge in [0.1, 0.15) is 36.6 Å². The first kappa shape index (κ1) is 68.0. The van der Waals surface area contributed by atoms with Crippen molar-refractivity contribution < 1.29 is 59.0 Å². The molecule has 0 radical (unpaired) electrons. The summed E-state index contributed by atoms with van der Waals surface area (Å²) in [5.74, 6) is -0.614. The molecule has 420 valence electrons. The Hall–Kier alpha value is -2.00. The summed E-state index contributed by atoms with van der Waals surface area (Å²) in [5, 5.41) is 74.8. The Bertz CT molecular complexity index is 1460. The first-order chi connectivity index (χ1) is 34.8. The Morgan fingerprint density at radius 3 is 1.31 bits per heavy atom. The average molecular weight is 1040 g/mol. The maximum absolute atomic E-state index is 13.1. The van der Waals surface area contributed by atoms with E-state index in [1.165, 1.54) is 134 Å². The van der Waals surface area contributed by atoms with Gasteiger partial charge in [-0.1, -0.05) is 216 Å². The van der Waals surface area contributed by atoms with Gasteiger partial charge >= 0.3 is 7.82 Å². The summed E-state index contributed by atoms with van der Waals surface area (Å²) in [4.78, 5) is 23.6. The fraction of sp³-hybridized carbons (Fsp3) is 0.810. The standard InChI is InChI=1S/C58H106NO12P/c1-3-5-7-9-11-13-15-17-19-21-23-25-27-29-31-33-35-37-39-41-43-45-49(60)47-52(62)59-50(48-70-72(68,69)71-58-56(66)54(64)53(63)55(65)57(58)67)51(61)46-44-42-40-38-36-34-32-30-28-26-24-22-20-18-16-14-12-10-8-6-4-2/h23,25,28-31,36,38,44,46,49-51,53-58,60-61,63-67H,3-22,24,26-27,32-35,37,39-43,45,47-48H2,1-2H3,(H,59,62)(H,68,69)/b25-23-,30-28+,31-29-,38-36+,46-44+.